The minimum atomic E-state index is 0. The zero-order valence-electron chi connectivity index (χ0n) is 16.4. The number of piperidine rings is 1. The van der Waals surface area contributed by atoms with Gasteiger partial charge in [0.05, 0.1) is 0 Å². The van der Waals surface area contributed by atoms with Crippen LogP contribution in [0, 0.1) is 6.92 Å². The molecule has 1 aromatic heterocycles. The summed E-state index contributed by atoms with van der Waals surface area (Å²) in [7, 11) is 2.29. The minimum Gasteiger partial charge on any atom is -0.360 e. The third-order valence-electron chi connectivity index (χ3n) is 6.70. The number of benzene rings is 2. The van der Waals surface area contributed by atoms with Gasteiger partial charge in [-0.3, -0.25) is 4.90 Å². The Kier molecular flexibility index (Phi) is 5.31. The highest BCUT2D eigenvalue weighted by atomic mass is 35.5. The smallest absolute Gasteiger partial charge is 0.142 e. The molecule has 3 aromatic rings. The molecule has 0 aliphatic carbocycles. The number of likely N-dealkylation sites (N-methyl/N-ethyl adjacent to an activating group) is 1. The molecule has 2 bridgehead atoms. The molecule has 4 unspecified atom stereocenters. The third kappa shape index (κ3) is 3.27. The van der Waals surface area contributed by atoms with Crippen LogP contribution in [0.2, 0.25) is 0 Å². The summed E-state index contributed by atoms with van der Waals surface area (Å²) in [6.07, 6.45) is 3.73. The van der Waals surface area contributed by atoms with Gasteiger partial charge in [0.1, 0.15) is 11.5 Å². The van der Waals surface area contributed by atoms with Crippen molar-refractivity contribution in [3.05, 3.63) is 77.6 Å². The quantitative estimate of drug-likeness (QED) is 0.561. The monoisotopic (exact) mass is 394 g/mol. The number of hydrogen-bond acceptors (Lipinski definition) is 3. The minimum absolute atomic E-state index is 0. The molecule has 0 spiro atoms. The number of fused-ring (bicyclic) bond motifs is 2. The molecular formula is C24H27ClN2O. The second kappa shape index (κ2) is 7.73. The Morgan fingerprint density at radius 1 is 1.00 bits per heavy atom. The average molecular weight is 395 g/mol. The Morgan fingerprint density at radius 2 is 1.75 bits per heavy atom. The van der Waals surface area contributed by atoms with Gasteiger partial charge in [0.25, 0.3) is 0 Å². The molecular weight excluding hydrogens is 368 g/mol. The van der Waals surface area contributed by atoms with Crippen LogP contribution in [-0.2, 0) is 0 Å². The highest BCUT2D eigenvalue weighted by Gasteiger charge is 2.48. The summed E-state index contributed by atoms with van der Waals surface area (Å²) in [4.78, 5) is 2.58. The van der Waals surface area contributed by atoms with Gasteiger partial charge in [0.2, 0.25) is 0 Å². The van der Waals surface area contributed by atoms with Gasteiger partial charge in [0, 0.05) is 29.6 Å². The lowest BCUT2D eigenvalue weighted by atomic mass is 9.74. The van der Waals surface area contributed by atoms with Crippen LogP contribution in [0.25, 0.3) is 11.3 Å². The van der Waals surface area contributed by atoms with Crippen LogP contribution in [0.15, 0.2) is 65.2 Å². The van der Waals surface area contributed by atoms with E-state index in [4.69, 9.17) is 4.52 Å². The van der Waals surface area contributed by atoms with Gasteiger partial charge in [-0.2, -0.15) is 0 Å². The summed E-state index contributed by atoms with van der Waals surface area (Å²) >= 11 is 0. The van der Waals surface area contributed by atoms with E-state index in [9.17, 15) is 0 Å². The molecule has 3 heterocycles. The summed E-state index contributed by atoms with van der Waals surface area (Å²) < 4.78 is 5.96. The topological polar surface area (TPSA) is 29.3 Å². The Morgan fingerprint density at radius 3 is 2.50 bits per heavy atom. The van der Waals surface area contributed by atoms with Crippen LogP contribution in [0.1, 0.15) is 48.0 Å². The highest BCUT2D eigenvalue weighted by Crippen LogP contribution is 2.51. The molecule has 3 nitrogen and oxygen atoms in total. The molecule has 2 fully saturated rings. The number of aryl methyl sites for hydroxylation is 1. The fraction of sp³-hybridized carbons (Fsp3) is 0.375. The van der Waals surface area contributed by atoms with E-state index in [0.717, 1.165) is 17.0 Å². The standard InChI is InChI=1S/C24H26N2O.ClH/c1-16-8-10-17(11-9-16)20-14-19-12-13-22(26(19)2)24(20)23-15-21(25-27-23)18-6-4-3-5-7-18;/h3-11,15,19-20,22,24H,12-14H2,1-2H3;1H. The van der Waals surface area contributed by atoms with Crippen molar-refractivity contribution in [2.45, 2.75) is 50.1 Å². The number of aromatic nitrogens is 1. The normalized spacial score (nSPS) is 26.8. The highest BCUT2D eigenvalue weighted by molar-refractivity contribution is 5.85. The van der Waals surface area contributed by atoms with E-state index >= 15 is 0 Å². The second-order valence-electron chi connectivity index (χ2n) is 8.22. The summed E-state index contributed by atoms with van der Waals surface area (Å²) in [6, 6.07) is 22.8. The van der Waals surface area contributed by atoms with E-state index in [0.29, 0.717) is 23.9 Å². The van der Waals surface area contributed by atoms with Gasteiger partial charge in [-0.1, -0.05) is 65.3 Å². The number of rotatable bonds is 3. The van der Waals surface area contributed by atoms with E-state index in [1.165, 1.54) is 30.4 Å². The van der Waals surface area contributed by atoms with Gasteiger partial charge in [-0.05, 0) is 44.7 Å². The van der Waals surface area contributed by atoms with Crippen LogP contribution >= 0.6 is 12.4 Å². The maximum absolute atomic E-state index is 5.96. The van der Waals surface area contributed by atoms with Crippen LogP contribution < -0.4 is 0 Å². The largest absolute Gasteiger partial charge is 0.360 e. The second-order valence-corrected chi connectivity index (χ2v) is 8.22. The molecule has 146 valence electrons. The van der Waals surface area contributed by atoms with Crippen molar-refractivity contribution in [3.8, 4) is 11.3 Å². The third-order valence-corrected chi connectivity index (χ3v) is 6.70. The fourth-order valence-electron chi connectivity index (χ4n) is 5.20. The lowest BCUT2D eigenvalue weighted by Crippen LogP contribution is -2.44. The molecule has 2 aliphatic heterocycles. The molecule has 0 N–H and O–H groups in total. The van der Waals surface area contributed by atoms with Crippen LogP contribution in [0.3, 0.4) is 0 Å². The molecule has 0 radical (unpaired) electrons. The van der Waals surface area contributed by atoms with Gasteiger partial charge < -0.3 is 4.52 Å². The van der Waals surface area contributed by atoms with Crippen LogP contribution in [-0.4, -0.2) is 29.2 Å². The van der Waals surface area contributed by atoms with E-state index in [1.54, 1.807) is 0 Å². The predicted octanol–water partition coefficient (Wildman–Crippen LogP) is 5.81. The van der Waals surface area contributed by atoms with E-state index in [-0.39, 0.29) is 12.4 Å². The maximum atomic E-state index is 5.96. The van der Waals surface area contributed by atoms with Crippen molar-refractivity contribution in [2.24, 2.45) is 0 Å². The Labute approximate surface area is 173 Å². The molecule has 0 amide bonds. The Hall–Kier alpha value is -2.10. The van der Waals surface area contributed by atoms with Gasteiger partial charge in [0.15, 0.2) is 0 Å². The Balaban J connectivity index is 0.00000192. The molecule has 0 saturated carbocycles. The van der Waals surface area contributed by atoms with E-state index < -0.39 is 0 Å². The first-order chi connectivity index (χ1) is 13.2. The average Bonchev–Trinajstić information content (AvgIpc) is 3.26. The molecule has 4 heteroatoms. The fourth-order valence-corrected chi connectivity index (χ4v) is 5.20. The molecule has 5 rings (SSSR count). The number of hydrogen-bond donors (Lipinski definition) is 0. The van der Waals surface area contributed by atoms with Crippen LogP contribution in [0.5, 0.6) is 0 Å². The molecule has 2 aromatic carbocycles. The van der Waals surface area contributed by atoms with Gasteiger partial charge in [-0.25, -0.2) is 0 Å². The van der Waals surface area contributed by atoms with E-state index in [2.05, 4.69) is 78.6 Å². The van der Waals surface area contributed by atoms with Crippen molar-refractivity contribution in [3.63, 3.8) is 0 Å². The Bertz CT molecular complexity index is 921. The van der Waals surface area contributed by atoms with Gasteiger partial charge in [-0.15, -0.1) is 12.4 Å². The number of nitrogens with zero attached hydrogens (tertiary/aromatic N) is 2. The summed E-state index contributed by atoms with van der Waals surface area (Å²) in [6.45, 7) is 2.15. The van der Waals surface area contributed by atoms with Gasteiger partial charge >= 0.3 is 0 Å². The zero-order valence-corrected chi connectivity index (χ0v) is 17.2. The first-order valence-corrected chi connectivity index (χ1v) is 10.0. The SMILES string of the molecule is Cc1ccc(C2CC3CCC(C2c2cc(-c4ccccc4)no2)N3C)cc1.Cl. The zero-order chi connectivity index (χ0) is 18.4. The summed E-state index contributed by atoms with van der Waals surface area (Å²) in [5.74, 6) is 1.90. The maximum Gasteiger partial charge on any atom is 0.142 e. The van der Waals surface area contributed by atoms with Crippen LogP contribution in [0.4, 0.5) is 0 Å². The van der Waals surface area contributed by atoms with E-state index in [1.807, 2.05) is 6.07 Å². The first kappa shape index (κ1) is 19.2. The summed E-state index contributed by atoms with van der Waals surface area (Å²) in [5.41, 5.74) is 4.81. The van der Waals surface area contributed by atoms with Crippen molar-refractivity contribution in [2.75, 3.05) is 7.05 Å². The lowest BCUT2D eigenvalue weighted by Gasteiger charge is -2.42. The van der Waals surface area contributed by atoms with Crippen molar-refractivity contribution in [1.82, 2.24) is 10.1 Å². The van der Waals surface area contributed by atoms with Crippen molar-refractivity contribution in [1.29, 1.82) is 0 Å². The predicted molar refractivity (Wildman–Crippen MR) is 115 cm³/mol. The lowest BCUT2D eigenvalue weighted by molar-refractivity contribution is 0.122. The molecule has 28 heavy (non-hydrogen) atoms. The molecule has 2 aliphatic rings. The number of halogens is 1. The molecule has 2 saturated heterocycles. The first-order valence-electron chi connectivity index (χ1n) is 10.0. The molecule has 4 atom stereocenters. The van der Waals surface area contributed by atoms with Crippen molar-refractivity contribution >= 4 is 12.4 Å². The van der Waals surface area contributed by atoms with Crippen molar-refractivity contribution < 1.29 is 4.52 Å². The summed E-state index contributed by atoms with van der Waals surface area (Å²) in [5, 5.41) is 4.42.